The number of hydrogen-bond donors (Lipinski definition) is 2. The number of furan rings is 1. The van der Waals surface area contributed by atoms with Gasteiger partial charge >= 0.3 is 0 Å². The van der Waals surface area contributed by atoms with Gasteiger partial charge in [0.05, 0.1) is 6.54 Å². The first-order valence-corrected chi connectivity index (χ1v) is 9.75. The zero-order valence-corrected chi connectivity index (χ0v) is 15.3. The normalized spacial score (nSPS) is 12.8. The van der Waals surface area contributed by atoms with Gasteiger partial charge in [-0.25, -0.2) is 13.1 Å². The lowest BCUT2D eigenvalue weighted by Crippen LogP contribution is -2.36. The summed E-state index contributed by atoms with van der Waals surface area (Å²) in [6.45, 7) is 7.60. The van der Waals surface area contributed by atoms with E-state index in [0.717, 1.165) is 6.54 Å². The maximum absolute atomic E-state index is 12.3. The number of sulfonamides is 1. The van der Waals surface area contributed by atoms with Gasteiger partial charge in [0.15, 0.2) is 4.67 Å². The van der Waals surface area contributed by atoms with Crippen LogP contribution in [0.15, 0.2) is 20.0 Å². The summed E-state index contributed by atoms with van der Waals surface area (Å²) < 4.78 is 32.6. The largest absolute Gasteiger partial charge is 0.452 e. The van der Waals surface area contributed by atoms with Crippen LogP contribution in [0.3, 0.4) is 0 Å². The Bertz CT molecular complexity index is 541. The fraction of sp³-hybridized carbons (Fsp3) is 0.667. The Morgan fingerprint density at radius 1 is 1.45 bits per heavy atom. The topological polar surface area (TPSA) is 71.3 Å². The lowest BCUT2D eigenvalue weighted by atomic mass is 10.2. The Labute approximate surface area is 133 Å². The van der Waals surface area contributed by atoms with Crippen LogP contribution in [0, 0.1) is 0 Å². The van der Waals surface area contributed by atoms with Gasteiger partial charge in [-0.3, -0.25) is 0 Å². The van der Waals surface area contributed by atoms with Crippen LogP contribution >= 0.6 is 27.7 Å². The number of halogens is 1. The second-order valence-electron chi connectivity index (χ2n) is 4.92. The standard InChI is InChI=1S/C12H21BrN2O3S2/c1-5-14-7-9-6-10(11(13)18-9)20(16,17)15-8-12(2,3)19-4/h6,14-15H,5,7-8H2,1-4H3. The van der Waals surface area contributed by atoms with Crippen molar-refractivity contribution in [2.24, 2.45) is 0 Å². The SMILES string of the molecule is CCNCc1cc(S(=O)(=O)NCC(C)(C)SC)c(Br)o1. The number of hydrogen-bond acceptors (Lipinski definition) is 5. The van der Waals surface area contributed by atoms with Crippen molar-refractivity contribution in [3.8, 4) is 0 Å². The van der Waals surface area contributed by atoms with E-state index in [1.807, 2.05) is 27.0 Å². The summed E-state index contributed by atoms with van der Waals surface area (Å²) in [4.78, 5) is 0.141. The molecule has 1 rings (SSSR count). The highest BCUT2D eigenvalue weighted by atomic mass is 79.9. The second kappa shape index (κ2) is 7.31. The average Bonchev–Trinajstić information content (AvgIpc) is 2.76. The maximum atomic E-state index is 12.3. The molecule has 0 unspecified atom stereocenters. The Morgan fingerprint density at radius 2 is 2.10 bits per heavy atom. The molecule has 0 aliphatic carbocycles. The Balaban J connectivity index is 2.84. The molecular weight excluding hydrogens is 364 g/mol. The predicted molar refractivity (Wildman–Crippen MR) is 86.6 cm³/mol. The summed E-state index contributed by atoms with van der Waals surface area (Å²) in [6.07, 6.45) is 1.95. The van der Waals surface area contributed by atoms with Crippen molar-refractivity contribution in [1.82, 2.24) is 10.0 Å². The number of rotatable bonds is 8. The molecule has 0 saturated carbocycles. The van der Waals surface area contributed by atoms with Gasteiger partial charge in [-0.2, -0.15) is 11.8 Å². The first kappa shape index (κ1) is 18.0. The molecule has 0 aromatic carbocycles. The molecule has 0 spiro atoms. The van der Waals surface area contributed by atoms with Gasteiger partial charge in [0.2, 0.25) is 10.0 Å². The highest BCUT2D eigenvalue weighted by Crippen LogP contribution is 2.27. The Hall–Kier alpha value is -0.0200. The van der Waals surface area contributed by atoms with Crippen molar-refractivity contribution in [2.45, 2.75) is 37.0 Å². The predicted octanol–water partition coefficient (Wildman–Crippen LogP) is 2.57. The Morgan fingerprint density at radius 3 is 2.65 bits per heavy atom. The molecule has 116 valence electrons. The third-order valence-electron chi connectivity index (χ3n) is 2.79. The average molecular weight is 385 g/mol. The molecular formula is C12H21BrN2O3S2. The lowest BCUT2D eigenvalue weighted by Gasteiger charge is -2.21. The van der Waals surface area contributed by atoms with E-state index in [-0.39, 0.29) is 14.3 Å². The third-order valence-corrected chi connectivity index (χ3v) is 6.29. The van der Waals surface area contributed by atoms with Crippen LogP contribution < -0.4 is 10.0 Å². The third kappa shape index (κ3) is 5.07. The van der Waals surface area contributed by atoms with Crippen LogP contribution in [0.4, 0.5) is 0 Å². The molecule has 8 heteroatoms. The van der Waals surface area contributed by atoms with Crippen LogP contribution in [0.25, 0.3) is 0 Å². The van der Waals surface area contributed by atoms with Crippen LogP contribution in [0.5, 0.6) is 0 Å². The molecule has 1 heterocycles. The summed E-state index contributed by atoms with van der Waals surface area (Å²) in [5.41, 5.74) is 0. The quantitative estimate of drug-likeness (QED) is 0.720. The highest BCUT2D eigenvalue weighted by Gasteiger charge is 2.25. The van der Waals surface area contributed by atoms with Crippen LogP contribution in [0.1, 0.15) is 26.5 Å². The van der Waals surface area contributed by atoms with E-state index in [1.54, 1.807) is 17.8 Å². The van der Waals surface area contributed by atoms with E-state index in [1.165, 1.54) is 0 Å². The first-order valence-electron chi connectivity index (χ1n) is 6.25. The lowest BCUT2D eigenvalue weighted by molar-refractivity contribution is 0.464. The monoisotopic (exact) mass is 384 g/mol. The summed E-state index contributed by atoms with van der Waals surface area (Å²) in [5, 5.41) is 3.09. The van der Waals surface area contributed by atoms with Crippen molar-refractivity contribution in [3.05, 3.63) is 16.5 Å². The molecule has 0 aliphatic rings. The molecule has 1 aromatic heterocycles. The van der Waals surface area contributed by atoms with E-state index in [4.69, 9.17) is 4.42 Å². The van der Waals surface area contributed by atoms with Crippen molar-refractivity contribution in [3.63, 3.8) is 0 Å². The molecule has 0 atom stereocenters. The fourth-order valence-electron chi connectivity index (χ4n) is 1.34. The number of nitrogens with one attached hydrogen (secondary N) is 2. The fourth-order valence-corrected chi connectivity index (χ4v) is 3.85. The van der Waals surface area contributed by atoms with E-state index in [9.17, 15) is 8.42 Å². The number of thioether (sulfide) groups is 1. The van der Waals surface area contributed by atoms with Crippen LogP contribution in [-0.4, -0.2) is 32.5 Å². The van der Waals surface area contributed by atoms with Gasteiger partial charge in [-0.1, -0.05) is 6.92 Å². The van der Waals surface area contributed by atoms with Crippen LogP contribution in [-0.2, 0) is 16.6 Å². The molecule has 2 N–H and O–H groups in total. The molecule has 0 aliphatic heterocycles. The molecule has 0 bridgehead atoms. The van der Waals surface area contributed by atoms with Crippen molar-refractivity contribution in [2.75, 3.05) is 19.3 Å². The molecule has 0 fully saturated rings. The van der Waals surface area contributed by atoms with Crippen molar-refractivity contribution < 1.29 is 12.8 Å². The summed E-state index contributed by atoms with van der Waals surface area (Å²) in [5.74, 6) is 0.586. The second-order valence-corrected chi connectivity index (χ2v) is 8.89. The smallest absolute Gasteiger partial charge is 0.245 e. The van der Waals surface area contributed by atoms with Gasteiger partial charge < -0.3 is 9.73 Å². The van der Waals surface area contributed by atoms with Gasteiger partial charge in [-0.15, -0.1) is 0 Å². The highest BCUT2D eigenvalue weighted by molar-refractivity contribution is 9.10. The Kier molecular flexibility index (Phi) is 6.59. The van der Waals surface area contributed by atoms with Gasteiger partial charge in [0.25, 0.3) is 0 Å². The minimum atomic E-state index is -3.57. The van der Waals surface area contributed by atoms with E-state index in [0.29, 0.717) is 18.8 Å². The summed E-state index contributed by atoms with van der Waals surface area (Å²) >= 11 is 4.77. The molecule has 0 amide bonds. The molecule has 1 aromatic rings. The van der Waals surface area contributed by atoms with Gasteiger partial charge in [0.1, 0.15) is 10.7 Å². The van der Waals surface area contributed by atoms with E-state index < -0.39 is 10.0 Å². The van der Waals surface area contributed by atoms with Gasteiger partial charge in [-0.05, 0) is 42.6 Å². The molecule has 5 nitrogen and oxygen atoms in total. The molecule has 0 radical (unpaired) electrons. The summed E-state index contributed by atoms with van der Waals surface area (Å²) in [7, 11) is -3.57. The summed E-state index contributed by atoms with van der Waals surface area (Å²) in [6, 6.07) is 1.54. The van der Waals surface area contributed by atoms with Gasteiger partial charge in [0, 0.05) is 17.4 Å². The van der Waals surface area contributed by atoms with E-state index in [2.05, 4.69) is 26.0 Å². The van der Waals surface area contributed by atoms with E-state index >= 15 is 0 Å². The zero-order chi connectivity index (χ0) is 15.4. The molecule has 20 heavy (non-hydrogen) atoms. The molecule has 0 saturated heterocycles. The minimum Gasteiger partial charge on any atom is -0.452 e. The first-order chi connectivity index (χ1) is 9.22. The maximum Gasteiger partial charge on any atom is 0.245 e. The van der Waals surface area contributed by atoms with Crippen LogP contribution in [0.2, 0.25) is 0 Å². The zero-order valence-electron chi connectivity index (χ0n) is 12.1. The van der Waals surface area contributed by atoms with Crippen molar-refractivity contribution in [1.29, 1.82) is 0 Å². The van der Waals surface area contributed by atoms with Crippen molar-refractivity contribution >= 4 is 37.7 Å². The minimum absolute atomic E-state index is 0.141.